The van der Waals surface area contributed by atoms with Crippen molar-refractivity contribution in [1.82, 2.24) is 0 Å². The molecule has 1 aromatic rings. The third-order valence-electron chi connectivity index (χ3n) is 1.36. The Kier molecular flexibility index (Phi) is 3.07. The highest BCUT2D eigenvalue weighted by molar-refractivity contribution is 14.1. The van der Waals surface area contributed by atoms with Gasteiger partial charge in [0.1, 0.15) is 20.0 Å². The molecule has 0 saturated heterocycles. The number of phenols is 2. The van der Waals surface area contributed by atoms with E-state index >= 15 is 0 Å². The molecule has 1 rings (SSSR count). The Morgan fingerprint density at radius 1 is 1.21 bits per heavy atom. The highest BCUT2D eigenvalue weighted by Gasteiger charge is 2.20. The summed E-state index contributed by atoms with van der Waals surface area (Å²) in [6.07, 6.45) is 0. The van der Waals surface area contributed by atoms with E-state index in [0.29, 0.717) is 0 Å². The van der Waals surface area contributed by atoms with Crippen molar-refractivity contribution in [2.24, 2.45) is 0 Å². The van der Waals surface area contributed by atoms with Gasteiger partial charge in [0.2, 0.25) is 0 Å². The van der Waals surface area contributed by atoms with Gasteiger partial charge in [-0.1, -0.05) is 0 Å². The van der Waals surface area contributed by atoms with Crippen LogP contribution in [-0.2, 0) is 13.2 Å². The third-order valence-corrected chi connectivity index (χ3v) is 4.18. The van der Waals surface area contributed by atoms with Crippen molar-refractivity contribution in [2.45, 2.75) is 4.90 Å². The van der Waals surface area contributed by atoms with Gasteiger partial charge >= 0.3 is 0 Å². The zero-order chi connectivity index (χ0) is 10.9. The van der Waals surface area contributed by atoms with Crippen LogP contribution in [0.15, 0.2) is 17.0 Å². The van der Waals surface area contributed by atoms with Gasteiger partial charge in [-0.3, -0.25) is 7.62 Å². The van der Waals surface area contributed by atoms with E-state index in [2.05, 4.69) is 0 Å². The molecule has 78 valence electrons. The van der Waals surface area contributed by atoms with E-state index in [1.807, 2.05) is 0 Å². The summed E-state index contributed by atoms with van der Waals surface area (Å²) in [5, 5.41) is 18.1. The molecule has 0 radical (unpaired) electrons. The minimum Gasteiger partial charge on any atom is -0.508 e. The van der Waals surface area contributed by atoms with Gasteiger partial charge < -0.3 is 10.2 Å². The van der Waals surface area contributed by atoms with E-state index in [1.54, 1.807) is 0 Å². The van der Waals surface area contributed by atoms with Crippen LogP contribution in [0.3, 0.4) is 0 Å². The summed E-state index contributed by atoms with van der Waals surface area (Å²) in [6, 6.07) is 1.57. The molecule has 0 atom stereocenters. The maximum Gasteiger partial charge on any atom is 0.295 e. The first-order chi connectivity index (χ1) is 6.36. The molecular weight excluding hydrogens is 327 g/mol. The molecule has 6 nitrogen and oxygen atoms in total. The Balaban J connectivity index is 3.65. The topological polar surface area (TPSA) is 112 Å². The summed E-state index contributed by atoms with van der Waals surface area (Å²) in [6.45, 7) is 0. The van der Waals surface area contributed by atoms with Gasteiger partial charge in [-0.25, -0.2) is 0 Å². The molecule has 3 N–H and O–H groups in total. The van der Waals surface area contributed by atoms with Crippen molar-refractivity contribution < 1.29 is 26.3 Å². The maximum absolute atomic E-state index is 10.7. The lowest BCUT2D eigenvalue weighted by Gasteiger charge is -2.03. The Labute approximate surface area is 89.6 Å². The monoisotopic (exact) mass is 332 g/mol. The van der Waals surface area contributed by atoms with E-state index in [-0.39, 0.29) is 3.57 Å². The lowest BCUT2D eigenvalue weighted by molar-refractivity contribution is 0.439. The van der Waals surface area contributed by atoms with Crippen LogP contribution in [0.4, 0.5) is 0 Å². The highest BCUT2D eigenvalue weighted by atomic mass is 127. The summed E-state index contributed by atoms with van der Waals surface area (Å²) >= 11 is -1.96. The SMILES string of the molecule is O=Ic1c(O)cc(O)cc1S(=O)(=O)O. The van der Waals surface area contributed by atoms with Gasteiger partial charge in [-0.15, -0.1) is 0 Å². The zero-order valence-electron chi connectivity index (χ0n) is 6.51. The Hall–Kier alpha value is -0.740. The summed E-state index contributed by atoms with van der Waals surface area (Å²) in [4.78, 5) is -0.724. The van der Waals surface area contributed by atoms with Crippen LogP contribution in [0.2, 0.25) is 0 Å². The fraction of sp³-hybridized carbons (Fsp3) is 0. The molecule has 14 heavy (non-hydrogen) atoms. The third kappa shape index (κ3) is 2.19. The van der Waals surface area contributed by atoms with Crippen molar-refractivity contribution in [3.63, 3.8) is 0 Å². The number of hydrogen-bond acceptors (Lipinski definition) is 5. The first-order valence-electron chi connectivity index (χ1n) is 3.17. The summed E-state index contributed by atoms with van der Waals surface area (Å²) in [7, 11) is -4.58. The number of aromatic hydroxyl groups is 2. The Morgan fingerprint density at radius 3 is 2.21 bits per heavy atom. The van der Waals surface area contributed by atoms with Crippen LogP contribution in [0.25, 0.3) is 0 Å². The quantitative estimate of drug-likeness (QED) is 0.546. The van der Waals surface area contributed by atoms with E-state index in [9.17, 15) is 11.5 Å². The Morgan fingerprint density at radius 2 is 1.79 bits per heavy atom. The number of rotatable bonds is 2. The molecule has 8 heteroatoms. The molecule has 0 heterocycles. The second kappa shape index (κ2) is 3.79. The summed E-state index contributed by atoms with van der Waals surface area (Å²) in [5.41, 5.74) is 0. The molecule has 0 spiro atoms. The van der Waals surface area contributed by atoms with Crippen LogP contribution < -0.4 is 0 Å². The van der Waals surface area contributed by atoms with Gasteiger partial charge in [0.15, 0.2) is 21.2 Å². The predicted molar refractivity (Wildman–Crippen MR) is 53.0 cm³/mol. The van der Waals surface area contributed by atoms with Crippen LogP contribution in [0, 0.1) is 3.57 Å². The number of hydrogen-bond donors (Lipinski definition) is 3. The lowest BCUT2D eigenvalue weighted by Crippen LogP contribution is -2.01. The van der Waals surface area contributed by atoms with E-state index < -0.39 is 47.7 Å². The van der Waals surface area contributed by atoms with E-state index in [4.69, 9.17) is 14.8 Å². The normalized spacial score (nSPS) is 11.5. The van der Waals surface area contributed by atoms with Crippen molar-refractivity contribution >= 4 is 31.3 Å². The van der Waals surface area contributed by atoms with Crippen LogP contribution in [0.1, 0.15) is 0 Å². The van der Waals surface area contributed by atoms with Crippen molar-refractivity contribution in [3.8, 4) is 11.5 Å². The van der Waals surface area contributed by atoms with E-state index in [1.165, 1.54) is 0 Å². The number of benzene rings is 1. The van der Waals surface area contributed by atoms with Crippen molar-refractivity contribution in [2.75, 3.05) is 0 Å². The molecular formula is C6H5IO6S. The molecule has 0 aliphatic heterocycles. The molecule has 0 unspecified atom stereocenters. The molecule has 0 fully saturated rings. The van der Waals surface area contributed by atoms with Crippen LogP contribution >= 0.6 is 21.2 Å². The van der Waals surface area contributed by atoms with Crippen molar-refractivity contribution in [3.05, 3.63) is 15.7 Å². The van der Waals surface area contributed by atoms with Gasteiger partial charge in [0, 0.05) is 12.1 Å². The number of halogens is 1. The minimum atomic E-state index is -4.58. The molecule has 0 aliphatic carbocycles. The van der Waals surface area contributed by atoms with Gasteiger partial charge in [0.05, 0.1) is 0 Å². The smallest absolute Gasteiger partial charge is 0.295 e. The van der Waals surface area contributed by atoms with Crippen LogP contribution in [0.5, 0.6) is 11.5 Å². The zero-order valence-corrected chi connectivity index (χ0v) is 9.48. The predicted octanol–water partition coefficient (Wildman–Crippen LogP) is 0.830. The van der Waals surface area contributed by atoms with E-state index in [0.717, 1.165) is 12.1 Å². The highest BCUT2D eigenvalue weighted by Crippen LogP contribution is 2.33. The maximum atomic E-state index is 10.7. The fourth-order valence-corrected chi connectivity index (χ4v) is 3.24. The summed E-state index contributed by atoms with van der Waals surface area (Å²) < 4.78 is 40.4. The molecule has 0 amide bonds. The fourth-order valence-electron chi connectivity index (χ4n) is 0.834. The average Bonchev–Trinajstić information content (AvgIpc) is 2.01. The Bertz CT molecular complexity index is 479. The molecule has 0 bridgehead atoms. The van der Waals surface area contributed by atoms with Gasteiger partial charge in [0.25, 0.3) is 10.1 Å². The summed E-state index contributed by atoms with van der Waals surface area (Å²) in [5.74, 6) is -1.14. The van der Waals surface area contributed by atoms with Crippen LogP contribution in [-0.4, -0.2) is 23.2 Å². The van der Waals surface area contributed by atoms with Crippen molar-refractivity contribution in [1.29, 1.82) is 0 Å². The molecule has 0 saturated carbocycles. The molecule has 0 aromatic heterocycles. The minimum absolute atomic E-state index is 0.357. The standard InChI is InChI=1S/C6H5IO6S/c8-3-1-4(9)6(7-10)5(2-3)14(11,12)13/h1-2,8-9H,(H,11,12,13). The first-order valence-corrected chi connectivity index (χ1v) is 6.56. The first kappa shape index (κ1) is 11.3. The van der Waals surface area contributed by atoms with Gasteiger partial charge in [-0.05, 0) is 0 Å². The average molecular weight is 332 g/mol. The van der Waals surface area contributed by atoms with Gasteiger partial charge in [-0.2, -0.15) is 8.42 Å². The number of phenolic OH excluding ortho intramolecular Hbond substituents is 2. The lowest BCUT2D eigenvalue weighted by atomic mass is 10.3. The largest absolute Gasteiger partial charge is 0.508 e. The molecule has 1 aromatic carbocycles. The second-order valence-corrected chi connectivity index (χ2v) is 5.24. The molecule has 0 aliphatic rings. The second-order valence-electron chi connectivity index (χ2n) is 2.33.